The summed E-state index contributed by atoms with van der Waals surface area (Å²) in [5.74, 6) is 0. The summed E-state index contributed by atoms with van der Waals surface area (Å²) in [6.45, 7) is 45.1. The lowest BCUT2D eigenvalue weighted by atomic mass is 9.35. The molecule has 0 atom stereocenters. The van der Waals surface area contributed by atoms with Gasteiger partial charge in [0.2, 0.25) is 6.71 Å². The van der Waals surface area contributed by atoms with Gasteiger partial charge in [0, 0.05) is 41.6 Å². The van der Waals surface area contributed by atoms with Gasteiger partial charge in [0.05, 0.1) is 5.41 Å². The molecule has 0 radical (unpaired) electrons. The monoisotopic (exact) mass is 1120 g/mol. The number of rotatable bonds is 3. The van der Waals surface area contributed by atoms with Gasteiger partial charge in [-0.05, 0) is 150 Å². The van der Waals surface area contributed by atoms with E-state index in [9.17, 15) is 0 Å². The average molecular weight is 1120 g/mol. The summed E-state index contributed by atoms with van der Waals surface area (Å²) < 4.78 is 0. The van der Waals surface area contributed by atoms with Crippen molar-refractivity contribution in [2.75, 3.05) is 85.3 Å². The van der Waals surface area contributed by atoms with Crippen molar-refractivity contribution in [1.29, 1.82) is 0 Å². The molecule has 82 heavy (non-hydrogen) atoms. The quantitative estimate of drug-likeness (QED) is 0.163. The van der Waals surface area contributed by atoms with Crippen molar-refractivity contribution in [2.45, 2.75) is 193 Å². The summed E-state index contributed by atoms with van der Waals surface area (Å²) in [4.78, 5) is 11.4. The molecule has 6 heteroatoms. The van der Waals surface area contributed by atoms with Crippen molar-refractivity contribution in [2.24, 2.45) is 0 Å². The molecule has 5 nitrogen and oxygen atoms in total. The maximum absolute atomic E-state index is 2.64. The standard InChI is InChI=1S/C25H16.C21H25BN2.C6H12.3C4H11N.6C2H6/c1-5-13-21-17(9-1)18-10-2-6-14-22(18)25(21)23-15-7-3-11-19(23)20-12-4-8-16-24(20)25;1-20(2)14-8-6-9-15-19(14)24(21(20,3)4)17-11-7-10-16-18(17)22(15)12-13-23(16)5;1-2-4-6-5-3-1;3*1-4-5(2)3;6*1-2/h1-16H;6-11H,12-13H2,1-5H3;1-6H2;3*4H2,1-3H3;6*1-2H3. The molecule has 0 bridgehead atoms. The van der Waals surface area contributed by atoms with Crippen LogP contribution in [0.1, 0.15) is 198 Å². The molecule has 0 unspecified atom stereocenters. The summed E-state index contributed by atoms with van der Waals surface area (Å²) in [5.41, 5.74) is 20.0. The third-order valence-electron chi connectivity index (χ3n) is 16.5. The van der Waals surface area contributed by atoms with Gasteiger partial charge in [-0.3, -0.25) is 0 Å². The molecule has 0 amide bonds. The lowest BCUT2D eigenvalue weighted by molar-refractivity contribution is 0.330. The van der Waals surface area contributed by atoms with Crippen LogP contribution < -0.4 is 20.7 Å². The van der Waals surface area contributed by atoms with Gasteiger partial charge >= 0.3 is 0 Å². The maximum atomic E-state index is 2.64. The molecule has 454 valence electrons. The van der Waals surface area contributed by atoms with Crippen molar-refractivity contribution in [3.8, 4) is 22.3 Å². The third kappa shape index (κ3) is 16.6. The van der Waals surface area contributed by atoms with Crippen LogP contribution in [0.3, 0.4) is 0 Å². The zero-order valence-electron chi connectivity index (χ0n) is 57.8. The lowest BCUT2D eigenvalue weighted by Gasteiger charge is -2.47. The zero-order valence-corrected chi connectivity index (χ0v) is 57.8. The minimum atomic E-state index is -0.180. The van der Waals surface area contributed by atoms with E-state index in [2.05, 4.69) is 256 Å². The molecule has 0 saturated heterocycles. The number of benzene rings is 6. The zero-order chi connectivity index (χ0) is 62.4. The summed E-state index contributed by atoms with van der Waals surface area (Å²) in [6.07, 6.45) is 10.2. The summed E-state index contributed by atoms with van der Waals surface area (Å²) in [5, 5.41) is 0. The minimum absolute atomic E-state index is 0.0571. The molecule has 6 aliphatic rings. The second-order valence-corrected chi connectivity index (χ2v) is 22.0. The topological polar surface area (TPSA) is 16.2 Å². The van der Waals surface area contributed by atoms with Crippen LogP contribution in [-0.4, -0.2) is 102 Å². The Labute approximate surface area is 508 Å². The first kappa shape index (κ1) is 74.9. The van der Waals surface area contributed by atoms with Crippen LogP contribution in [0.25, 0.3) is 22.3 Å². The fourth-order valence-corrected chi connectivity index (χ4v) is 11.3. The normalized spacial score (nSPS) is 14.8. The molecule has 0 aromatic heterocycles. The Kier molecular flexibility index (Phi) is 34.6. The van der Waals surface area contributed by atoms with Crippen LogP contribution in [0.15, 0.2) is 133 Å². The summed E-state index contributed by atoms with van der Waals surface area (Å²) in [6, 6.07) is 49.5. The molecule has 6 aromatic rings. The van der Waals surface area contributed by atoms with Gasteiger partial charge < -0.3 is 24.5 Å². The fourth-order valence-electron chi connectivity index (χ4n) is 11.3. The van der Waals surface area contributed by atoms with E-state index >= 15 is 0 Å². The number of nitrogens with zero attached hydrogens (tertiary/aromatic N) is 5. The predicted octanol–water partition coefficient (Wildman–Crippen LogP) is 19.5. The Balaban J connectivity index is 0.000000541. The summed E-state index contributed by atoms with van der Waals surface area (Å²) >= 11 is 0. The molecule has 1 fully saturated rings. The number of hydrogen-bond donors (Lipinski definition) is 0. The van der Waals surface area contributed by atoms with E-state index in [0.29, 0.717) is 6.71 Å². The molecular weight excluding hydrogens is 994 g/mol. The van der Waals surface area contributed by atoms with Gasteiger partial charge in [0.15, 0.2) is 0 Å². The first-order valence-corrected chi connectivity index (χ1v) is 32.7. The molecule has 3 aliphatic carbocycles. The Hall–Kier alpha value is -5.14. The number of para-hydroxylation sites is 1. The molecule has 3 heterocycles. The predicted molar refractivity (Wildman–Crippen MR) is 376 cm³/mol. The highest BCUT2D eigenvalue weighted by Crippen LogP contribution is 2.62. The second-order valence-electron chi connectivity index (χ2n) is 22.0. The molecule has 12 rings (SSSR count). The largest absolute Gasteiger partial charge is 0.376 e. The highest BCUT2D eigenvalue weighted by molar-refractivity contribution is 6.89. The third-order valence-corrected chi connectivity index (χ3v) is 16.5. The maximum Gasteiger partial charge on any atom is 0.219 e. The molecular formula is C76H122BN5. The van der Waals surface area contributed by atoms with Gasteiger partial charge in [0.1, 0.15) is 0 Å². The Morgan fingerprint density at radius 2 is 0.695 bits per heavy atom. The van der Waals surface area contributed by atoms with Crippen LogP contribution in [0, 0.1) is 0 Å². The number of fused-ring (bicyclic) bond motifs is 12. The van der Waals surface area contributed by atoms with Gasteiger partial charge in [-0.25, -0.2) is 0 Å². The number of hydrogen-bond acceptors (Lipinski definition) is 5. The lowest BCUT2D eigenvalue weighted by Crippen LogP contribution is -2.59. The SMILES string of the molecule is C1CCCCC1.CC.CC.CC.CC.CC.CC.CCN(C)C.CCN(C)C.CCN(C)C.CN1CCB2c3cccc4c3N(c3cccc1c32)C(C)(C)C4(C)C.c1ccc2c(c1)-c1ccccc1C21c2ccccc2-c2ccccc21. The van der Waals surface area contributed by atoms with Crippen molar-refractivity contribution >= 4 is 34.7 Å². The van der Waals surface area contributed by atoms with Gasteiger partial charge in [-0.15, -0.1) is 0 Å². The average Bonchev–Trinajstić information content (AvgIpc) is 4.03. The van der Waals surface area contributed by atoms with Crippen molar-refractivity contribution in [1.82, 2.24) is 14.7 Å². The van der Waals surface area contributed by atoms with E-state index in [1.165, 1.54) is 112 Å². The molecule has 1 saturated carbocycles. The Bertz CT molecular complexity index is 2460. The van der Waals surface area contributed by atoms with Crippen molar-refractivity contribution in [3.05, 3.63) is 161 Å². The van der Waals surface area contributed by atoms with Crippen LogP contribution in [0.2, 0.25) is 6.32 Å². The van der Waals surface area contributed by atoms with Crippen molar-refractivity contribution in [3.63, 3.8) is 0 Å². The van der Waals surface area contributed by atoms with E-state index in [0.717, 1.165) is 26.2 Å². The van der Waals surface area contributed by atoms with E-state index in [-0.39, 0.29) is 16.4 Å². The van der Waals surface area contributed by atoms with Crippen LogP contribution >= 0.6 is 0 Å². The Morgan fingerprint density at radius 1 is 0.402 bits per heavy atom. The summed E-state index contributed by atoms with van der Waals surface area (Å²) in [7, 11) is 14.6. The second kappa shape index (κ2) is 37.9. The molecule has 1 spiro atoms. The fraction of sp³-hybridized carbons (Fsp3) is 0.526. The Morgan fingerprint density at radius 3 is 1.02 bits per heavy atom. The van der Waals surface area contributed by atoms with Crippen LogP contribution in [-0.2, 0) is 10.8 Å². The first-order valence-electron chi connectivity index (χ1n) is 32.7. The molecule has 6 aromatic carbocycles. The smallest absolute Gasteiger partial charge is 0.219 e. The van der Waals surface area contributed by atoms with Gasteiger partial charge in [0.25, 0.3) is 0 Å². The van der Waals surface area contributed by atoms with E-state index in [1.54, 1.807) is 10.9 Å². The van der Waals surface area contributed by atoms with E-state index in [1.807, 2.05) is 83.1 Å². The van der Waals surface area contributed by atoms with Gasteiger partial charge in [-0.2, -0.15) is 0 Å². The number of anilines is 3. The van der Waals surface area contributed by atoms with E-state index in [4.69, 9.17) is 0 Å². The first-order chi connectivity index (χ1) is 39.6. The minimum Gasteiger partial charge on any atom is -0.376 e. The van der Waals surface area contributed by atoms with Gasteiger partial charge in [-0.1, -0.05) is 283 Å². The molecule has 3 aliphatic heterocycles. The van der Waals surface area contributed by atoms with Crippen molar-refractivity contribution < 1.29 is 0 Å². The highest BCUT2D eigenvalue weighted by atomic mass is 15.3. The van der Waals surface area contributed by atoms with E-state index < -0.39 is 0 Å². The highest BCUT2D eigenvalue weighted by Gasteiger charge is 2.56. The van der Waals surface area contributed by atoms with Crippen LogP contribution in [0.5, 0.6) is 0 Å². The molecule has 0 N–H and O–H groups in total. The van der Waals surface area contributed by atoms with Crippen LogP contribution in [0.4, 0.5) is 17.1 Å².